The van der Waals surface area contributed by atoms with Crippen LogP contribution in [0.5, 0.6) is 0 Å². The van der Waals surface area contributed by atoms with E-state index in [0.717, 1.165) is 11.3 Å². The highest BCUT2D eigenvalue weighted by Crippen LogP contribution is 2.31. The lowest BCUT2D eigenvalue weighted by Gasteiger charge is -2.13. The lowest BCUT2D eigenvalue weighted by atomic mass is 9.95. The molecule has 0 aliphatic carbocycles. The Morgan fingerprint density at radius 2 is 1.74 bits per heavy atom. The van der Waals surface area contributed by atoms with E-state index in [9.17, 15) is 0 Å². The minimum atomic E-state index is 0.398. The summed E-state index contributed by atoms with van der Waals surface area (Å²) in [7, 11) is 0. The van der Waals surface area contributed by atoms with Crippen LogP contribution in [0.3, 0.4) is 0 Å². The first-order chi connectivity index (χ1) is 9.27. The summed E-state index contributed by atoms with van der Waals surface area (Å²) in [5.74, 6) is 0.398. The lowest BCUT2D eigenvalue weighted by Crippen LogP contribution is -1.96. The maximum absolute atomic E-state index is 4.53. The summed E-state index contributed by atoms with van der Waals surface area (Å²) in [4.78, 5) is 8.90. The van der Waals surface area contributed by atoms with Crippen molar-refractivity contribution in [1.29, 1.82) is 0 Å². The summed E-state index contributed by atoms with van der Waals surface area (Å²) in [6.45, 7) is 4.34. The number of aromatic nitrogens is 2. The monoisotopic (exact) mass is 248 g/mol. The van der Waals surface area contributed by atoms with Crippen molar-refractivity contribution >= 4 is 10.8 Å². The number of fused-ring (bicyclic) bond motifs is 1. The largest absolute Gasteiger partial charge is 0.263 e. The van der Waals surface area contributed by atoms with Crippen molar-refractivity contribution in [3.05, 3.63) is 60.7 Å². The fourth-order valence-corrected chi connectivity index (χ4v) is 2.44. The van der Waals surface area contributed by atoms with E-state index in [1.807, 2.05) is 30.7 Å². The van der Waals surface area contributed by atoms with E-state index in [-0.39, 0.29) is 0 Å². The highest BCUT2D eigenvalue weighted by molar-refractivity contribution is 5.96. The first-order valence-electron chi connectivity index (χ1n) is 6.55. The summed E-state index contributed by atoms with van der Waals surface area (Å²) < 4.78 is 0. The zero-order valence-electron chi connectivity index (χ0n) is 11.2. The van der Waals surface area contributed by atoms with Gasteiger partial charge < -0.3 is 0 Å². The summed E-state index contributed by atoms with van der Waals surface area (Å²) in [5, 5.41) is 2.39. The van der Waals surface area contributed by atoms with Crippen LogP contribution >= 0.6 is 0 Å². The van der Waals surface area contributed by atoms with Gasteiger partial charge in [0.25, 0.3) is 0 Å². The van der Waals surface area contributed by atoms with E-state index < -0.39 is 0 Å². The Hall–Kier alpha value is -2.22. The van der Waals surface area contributed by atoms with Gasteiger partial charge in [-0.2, -0.15) is 0 Å². The number of pyridine rings is 2. The van der Waals surface area contributed by atoms with Crippen LogP contribution < -0.4 is 0 Å². The average Bonchev–Trinajstić information content (AvgIpc) is 2.46. The van der Waals surface area contributed by atoms with Crippen LogP contribution in [0.2, 0.25) is 0 Å². The summed E-state index contributed by atoms with van der Waals surface area (Å²) in [6.07, 6.45) is 5.70. The first kappa shape index (κ1) is 11.8. The molecule has 2 aromatic heterocycles. The Kier molecular flexibility index (Phi) is 3.00. The number of rotatable bonds is 2. The molecule has 3 rings (SSSR count). The van der Waals surface area contributed by atoms with Crippen LogP contribution in [-0.2, 0) is 0 Å². The molecule has 1 aromatic carbocycles. The second-order valence-corrected chi connectivity index (χ2v) is 5.00. The van der Waals surface area contributed by atoms with Crippen molar-refractivity contribution in [1.82, 2.24) is 9.97 Å². The van der Waals surface area contributed by atoms with E-state index >= 15 is 0 Å². The molecule has 0 bridgehead atoms. The van der Waals surface area contributed by atoms with Crippen LogP contribution in [0.25, 0.3) is 21.9 Å². The molecule has 0 radical (unpaired) electrons. The van der Waals surface area contributed by atoms with Crippen LogP contribution in [0.4, 0.5) is 0 Å². The Bertz CT molecular complexity index is 712. The number of hydrogen-bond acceptors (Lipinski definition) is 2. The zero-order valence-corrected chi connectivity index (χ0v) is 11.2. The van der Waals surface area contributed by atoms with Gasteiger partial charge in [-0.25, -0.2) is 0 Å². The van der Waals surface area contributed by atoms with Crippen molar-refractivity contribution in [3.8, 4) is 11.1 Å². The third kappa shape index (κ3) is 2.10. The van der Waals surface area contributed by atoms with Gasteiger partial charge in [-0.1, -0.05) is 44.2 Å². The Morgan fingerprint density at radius 3 is 2.58 bits per heavy atom. The van der Waals surface area contributed by atoms with Gasteiger partial charge in [-0.05, 0) is 17.4 Å². The Balaban J connectivity index is 2.31. The minimum absolute atomic E-state index is 0.398. The van der Waals surface area contributed by atoms with Gasteiger partial charge in [0.05, 0.1) is 5.69 Å². The van der Waals surface area contributed by atoms with E-state index in [2.05, 4.69) is 48.1 Å². The summed E-state index contributed by atoms with van der Waals surface area (Å²) in [5.41, 5.74) is 3.47. The van der Waals surface area contributed by atoms with Gasteiger partial charge in [0, 0.05) is 35.1 Å². The molecule has 0 saturated heterocycles. The molecule has 0 spiro atoms. The zero-order chi connectivity index (χ0) is 13.2. The molecule has 0 amide bonds. The molecule has 3 aromatic rings. The van der Waals surface area contributed by atoms with Gasteiger partial charge in [0.1, 0.15) is 0 Å². The van der Waals surface area contributed by atoms with Crippen LogP contribution in [0.1, 0.15) is 25.5 Å². The van der Waals surface area contributed by atoms with Crippen molar-refractivity contribution in [3.63, 3.8) is 0 Å². The first-order valence-corrected chi connectivity index (χ1v) is 6.55. The number of benzene rings is 1. The third-order valence-corrected chi connectivity index (χ3v) is 3.34. The Labute approximate surface area is 113 Å². The lowest BCUT2D eigenvalue weighted by molar-refractivity contribution is 0.826. The predicted octanol–water partition coefficient (Wildman–Crippen LogP) is 4.42. The van der Waals surface area contributed by atoms with E-state index in [4.69, 9.17) is 0 Å². The number of hydrogen-bond donors (Lipinski definition) is 0. The molecule has 0 aliphatic heterocycles. The van der Waals surface area contributed by atoms with Crippen molar-refractivity contribution in [2.75, 3.05) is 0 Å². The van der Waals surface area contributed by atoms with Gasteiger partial charge in [0.15, 0.2) is 0 Å². The maximum atomic E-state index is 4.53. The van der Waals surface area contributed by atoms with E-state index in [1.165, 1.54) is 16.3 Å². The van der Waals surface area contributed by atoms with Crippen LogP contribution in [0, 0.1) is 0 Å². The van der Waals surface area contributed by atoms with Gasteiger partial charge in [0.2, 0.25) is 0 Å². The van der Waals surface area contributed by atoms with Crippen molar-refractivity contribution in [2.45, 2.75) is 19.8 Å². The fraction of sp³-hybridized carbons (Fsp3) is 0.176. The molecule has 2 heterocycles. The molecular formula is C17H16N2. The molecule has 0 saturated carbocycles. The SMILES string of the molecule is CC(C)c1ncccc1-c1cncc2ccccc12. The quantitative estimate of drug-likeness (QED) is 0.671. The summed E-state index contributed by atoms with van der Waals surface area (Å²) in [6, 6.07) is 12.5. The number of nitrogens with zero attached hydrogens (tertiary/aromatic N) is 2. The molecule has 2 nitrogen and oxygen atoms in total. The highest BCUT2D eigenvalue weighted by atomic mass is 14.7. The van der Waals surface area contributed by atoms with Gasteiger partial charge in [-0.3, -0.25) is 9.97 Å². The fourth-order valence-electron chi connectivity index (χ4n) is 2.44. The van der Waals surface area contributed by atoms with Gasteiger partial charge in [-0.15, -0.1) is 0 Å². The Morgan fingerprint density at radius 1 is 0.895 bits per heavy atom. The normalized spacial score (nSPS) is 11.1. The van der Waals surface area contributed by atoms with E-state index in [1.54, 1.807) is 0 Å². The molecular weight excluding hydrogens is 232 g/mol. The minimum Gasteiger partial charge on any atom is -0.263 e. The molecule has 94 valence electrons. The standard InChI is InChI=1S/C17H16N2/c1-12(2)17-15(8-5-9-19-17)16-11-18-10-13-6-3-4-7-14(13)16/h3-12H,1-2H3. The molecule has 2 heteroatoms. The van der Waals surface area contributed by atoms with E-state index in [0.29, 0.717) is 5.92 Å². The van der Waals surface area contributed by atoms with Crippen molar-refractivity contribution < 1.29 is 0 Å². The summed E-state index contributed by atoms with van der Waals surface area (Å²) >= 11 is 0. The predicted molar refractivity (Wildman–Crippen MR) is 79.1 cm³/mol. The smallest absolute Gasteiger partial charge is 0.0508 e. The molecule has 0 aliphatic rings. The maximum Gasteiger partial charge on any atom is 0.0508 e. The highest BCUT2D eigenvalue weighted by Gasteiger charge is 2.11. The van der Waals surface area contributed by atoms with Crippen molar-refractivity contribution in [2.24, 2.45) is 0 Å². The molecule has 0 atom stereocenters. The topological polar surface area (TPSA) is 25.8 Å². The second kappa shape index (κ2) is 4.81. The molecule has 19 heavy (non-hydrogen) atoms. The third-order valence-electron chi connectivity index (χ3n) is 3.34. The van der Waals surface area contributed by atoms with Gasteiger partial charge >= 0.3 is 0 Å². The average molecular weight is 248 g/mol. The molecule has 0 unspecified atom stereocenters. The van der Waals surface area contributed by atoms with Crippen LogP contribution in [0.15, 0.2) is 55.0 Å². The molecule has 0 N–H and O–H groups in total. The molecule has 0 fully saturated rings. The second-order valence-electron chi connectivity index (χ2n) is 5.00. The van der Waals surface area contributed by atoms with Crippen LogP contribution in [-0.4, -0.2) is 9.97 Å².